The van der Waals surface area contributed by atoms with E-state index in [9.17, 15) is 0 Å². The number of hydrogen-bond acceptors (Lipinski definition) is 4. The number of pyridine rings is 1. The summed E-state index contributed by atoms with van der Waals surface area (Å²) in [7, 11) is 1.64. The number of hydrogen-bond donors (Lipinski definition) is 2. The van der Waals surface area contributed by atoms with Gasteiger partial charge in [0.1, 0.15) is 11.6 Å². The van der Waals surface area contributed by atoms with Gasteiger partial charge in [-0.15, -0.1) is 0 Å². The molecule has 2 rings (SSSR count). The van der Waals surface area contributed by atoms with E-state index in [0.29, 0.717) is 5.82 Å². The van der Waals surface area contributed by atoms with Crippen LogP contribution in [-0.4, -0.2) is 12.1 Å². The van der Waals surface area contributed by atoms with Gasteiger partial charge < -0.3 is 15.8 Å². The van der Waals surface area contributed by atoms with Gasteiger partial charge in [-0.3, -0.25) is 0 Å². The highest BCUT2D eigenvalue weighted by molar-refractivity contribution is 9.10. The van der Waals surface area contributed by atoms with Crippen molar-refractivity contribution < 1.29 is 4.74 Å². The molecule has 0 amide bonds. The van der Waals surface area contributed by atoms with E-state index in [4.69, 9.17) is 10.5 Å². The number of aromatic nitrogens is 1. The molecule has 0 spiro atoms. The van der Waals surface area contributed by atoms with Crippen LogP contribution in [0.2, 0.25) is 0 Å². The van der Waals surface area contributed by atoms with Gasteiger partial charge >= 0.3 is 0 Å². The van der Waals surface area contributed by atoms with E-state index in [2.05, 4.69) is 26.2 Å². The quantitative estimate of drug-likeness (QED) is 0.912. The second-order valence-corrected chi connectivity index (χ2v) is 4.39. The molecule has 17 heavy (non-hydrogen) atoms. The van der Waals surface area contributed by atoms with Gasteiger partial charge in [-0.1, -0.05) is 15.9 Å². The number of nitrogens with zero attached hydrogens (tertiary/aromatic N) is 1. The van der Waals surface area contributed by atoms with Gasteiger partial charge in [-0.2, -0.15) is 0 Å². The van der Waals surface area contributed by atoms with Crippen molar-refractivity contribution >= 4 is 33.1 Å². The lowest BCUT2D eigenvalue weighted by molar-refractivity contribution is 0.415. The molecule has 0 aliphatic rings. The van der Waals surface area contributed by atoms with E-state index in [-0.39, 0.29) is 0 Å². The summed E-state index contributed by atoms with van der Waals surface area (Å²) in [5.41, 5.74) is 7.32. The fourth-order valence-corrected chi connectivity index (χ4v) is 1.87. The van der Waals surface area contributed by atoms with Crippen LogP contribution in [0.3, 0.4) is 0 Å². The van der Waals surface area contributed by atoms with Crippen molar-refractivity contribution in [2.75, 3.05) is 18.2 Å². The summed E-state index contributed by atoms with van der Waals surface area (Å²) >= 11 is 3.42. The first-order chi connectivity index (χ1) is 8.17. The zero-order chi connectivity index (χ0) is 12.3. The average molecular weight is 294 g/mol. The molecule has 0 saturated carbocycles. The third-order valence-corrected chi connectivity index (χ3v) is 2.64. The molecule has 3 N–H and O–H groups in total. The number of benzene rings is 1. The maximum Gasteiger partial charge on any atom is 0.123 e. The van der Waals surface area contributed by atoms with E-state index in [1.807, 2.05) is 24.3 Å². The molecule has 2 aromatic rings. The van der Waals surface area contributed by atoms with Crippen molar-refractivity contribution in [3.63, 3.8) is 0 Å². The van der Waals surface area contributed by atoms with E-state index in [1.165, 1.54) is 0 Å². The molecular formula is C12H12BrN3O. The van der Waals surface area contributed by atoms with Crippen LogP contribution in [0.15, 0.2) is 41.0 Å². The first-order valence-corrected chi connectivity index (χ1v) is 5.80. The van der Waals surface area contributed by atoms with E-state index < -0.39 is 0 Å². The molecule has 1 heterocycles. The Morgan fingerprint density at radius 2 is 2.06 bits per heavy atom. The van der Waals surface area contributed by atoms with Gasteiger partial charge in [-0.25, -0.2) is 4.98 Å². The minimum Gasteiger partial charge on any atom is -0.497 e. The molecule has 0 bridgehead atoms. The fraction of sp³-hybridized carbons (Fsp3) is 0.0833. The van der Waals surface area contributed by atoms with E-state index in [1.54, 1.807) is 19.4 Å². The lowest BCUT2D eigenvalue weighted by Crippen LogP contribution is -1.94. The van der Waals surface area contributed by atoms with Crippen LogP contribution < -0.4 is 15.8 Å². The number of rotatable bonds is 3. The summed E-state index contributed by atoms with van der Waals surface area (Å²) in [5, 5.41) is 3.22. The largest absolute Gasteiger partial charge is 0.497 e. The zero-order valence-electron chi connectivity index (χ0n) is 9.27. The average Bonchev–Trinajstić information content (AvgIpc) is 2.31. The highest BCUT2D eigenvalue weighted by Gasteiger charge is 2.00. The lowest BCUT2D eigenvalue weighted by Gasteiger charge is -2.09. The molecule has 1 aromatic carbocycles. The van der Waals surface area contributed by atoms with Crippen molar-refractivity contribution in [3.8, 4) is 5.75 Å². The summed E-state index contributed by atoms with van der Waals surface area (Å²) in [6.07, 6.45) is 1.68. The van der Waals surface area contributed by atoms with Crippen LogP contribution in [-0.2, 0) is 0 Å². The highest BCUT2D eigenvalue weighted by Crippen LogP contribution is 2.26. The van der Waals surface area contributed by atoms with Gasteiger partial charge in [0.25, 0.3) is 0 Å². The molecular weight excluding hydrogens is 282 g/mol. The minimum atomic E-state index is 0.502. The van der Waals surface area contributed by atoms with Gasteiger partial charge in [0.05, 0.1) is 19.0 Å². The van der Waals surface area contributed by atoms with Crippen LogP contribution in [0.1, 0.15) is 0 Å². The molecule has 0 aliphatic carbocycles. The maximum absolute atomic E-state index is 5.52. The van der Waals surface area contributed by atoms with Crippen molar-refractivity contribution in [1.29, 1.82) is 0 Å². The zero-order valence-corrected chi connectivity index (χ0v) is 10.9. The monoisotopic (exact) mass is 293 g/mol. The SMILES string of the molecule is COc1cc(Br)cc(Nc2ccc(N)nc2)c1. The smallest absolute Gasteiger partial charge is 0.123 e. The summed E-state index contributed by atoms with van der Waals surface area (Å²) < 4.78 is 6.13. The van der Waals surface area contributed by atoms with Gasteiger partial charge in [0.2, 0.25) is 0 Å². The highest BCUT2D eigenvalue weighted by atomic mass is 79.9. The number of anilines is 3. The molecule has 4 nitrogen and oxygen atoms in total. The number of nitrogen functional groups attached to an aromatic ring is 1. The molecule has 0 radical (unpaired) electrons. The van der Waals surface area contributed by atoms with Gasteiger partial charge in [-0.05, 0) is 24.3 Å². The van der Waals surface area contributed by atoms with Crippen LogP contribution >= 0.6 is 15.9 Å². The number of nitrogens with two attached hydrogens (primary N) is 1. The summed E-state index contributed by atoms with van der Waals surface area (Å²) in [4.78, 5) is 4.01. The Kier molecular flexibility index (Phi) is 3.49. The second-order valence-electron chi connectivity index (χ2n) is 3.48. The topological polar surface area (TPSA) is 60.2 Å². The van der Waals surface area contributed by atoms with E-state index in [0.717, 1.165) is 21.6 Å². The predicted octanol–water partition coefficient (Wildman–Crippen LogP) is 3.18. The van der Waals surface area contributed by atoms with Crippen molar-refractivity contribution in [2.45, 2.75) is 0 Å². The Bertz CT molecular complexity index is 514. The van der Waals surface area contributed by atoms with Crippen molar-refractivity contribution in [2.24, 2.45) is 0 Å². The summed E-state index contributed by atoms with van der Waals surface area (Å²) in [5.74, 6) is 1.28. The Labute approximate surface area is 108 Å². The standard InChI is InChI=1S/C12H12BrN3O/c1-17-11-5-8(13)4-10(6-11)16-9-2-3-12(14)15-7-9/h2-7,16H,1H3,(H2,14,15). The molecule has 0 fully saturated rings. The molecule has 1 aromatic heterocycles. The molecule has 0 aliphatic heterocycles. The third-order valence-electron chi connectivity index (χ3n) is 2.18. The second kappa shape index (κ2) is 5.05. The Balaban J connectivity index is 2.23. The van der Waals surface area contributed by atoms with Crippen molar-refractivity contribution in [1.82, 2.24) is 4.98 Å². The maximum atomic E-state index is 5.52. The molecule has 5 heteroatoms. The normalized spacial score (nSPS) is 10.0. The first-order valence-electron chi connectivity index (χ1n) is 5.00. The Morgan fingerprint density at radius 3 is 2.71 bits per heavy atom. The number of halogens is 1. The van der Waals surface area contributed by atoms with Gasteiger partial charge in [0.15, 0.2) is 0 Å². The number of methoxy groups -OCH3 is 1. The van der Waals surface area contributed by atoms with Crippen LogP contribution in [0.25, 0.3) is 0 Å². The Morgan fingerprint density at radius 1 is 1.24 bits per heavy atom. The number of ether oxygens (including phenoxy) is 1. The predicted molar refractivity (Wildman–Crippen MR) is 72.6 cm³/mol. The third kappa shape index (κ3) is 3.10. The van der Waals surface area contributed by atoms with Crippen LogP contribution in [0.4, 0.5) is 17.2 Å². The molecule has 0 atom stereocenters. The number of nitrogens with one attached hydrogen (secondary N) is 1. The van der Waals surface area contributed by atoms with Crippen LogP contribution in [0.5, 0.6) is 5.75 Å². The minimum absolute atomic E-state index is 0.502. The van der Waals surface area contributed by atoms with E-state index >= 15 is 0 Å². The van der Waals surface area contributed by atoms with Crippen LogP contribution in [0, 0.1) is 0 Å². The molecule has 0 unspecified atom stereocenters. The molecule has 88 valence electrons. The summed E-state index contributed by atoms with van der Waals surface area (Å²) in [6.45, 7) is 0. The Hall–Kier alpha value is -1.75. The molecule has 0 saturated heterocycles. The lowest BCUT2D eigenvalue weighted by atomic mass is 10.3. The van der Waals surface area contributed by atoms with Gasteiger partial charge in [0, 0.05) is 16.2 Å². The van der Waals surface area contributed by atoms with Crippen molar-refractivity contribution in [3.05, 3.63) is 41.0 Å². The summed E-state index contributed by atoms with van der Waals surface area (Å²) in [6, 6.07) is 9.37. The fourth-order valence-electron chi connectivity index (χ4n) is 1.40. The first kappa shape index (κ1) is 11.7.